The number of benzene rings is 3. The number of aromatic carboxylic acids is 1. The molecule has 0 aromatic heterocycles. The number of anilines is 2. The molecule has 3 aromatic rings. The Bertz CT molecular complexity index is 1390. The van der Waals surface area contributed by atoms with Gasteiger partial charge in [0.05, 0.1) is 53.1 Å². The third-order valence-electron chi connectivity index (χ3n) is 6.30. The average molecular weight is 590 g/mol. The number of nitrogens with zero attached hydrogens (tertiary/aromatic N) is 1. The molecular weight excluding hydrogens is 564 g/mol. The number of carbonyl (C=O) groups is 3. The molecule has 12 heteroatoms. The number of nitrogens with one attached hydrogen (secondary N) is 2. The minimum absolute atomic E-state index is 0.0192. The topological polar surface area (TPSA) is 117 Å². The number of amides is 3. The van der Waals surface area contributed by atoms with Crippen molar-refractivity contribution in [2.24, 2.45) is 0 Å². The van der Waals surface area contributed by atoms with E-state index in [4.69, 9.17) is 37.8 Å². The van der Waals surface area contributed by atoms with E-state index in [0.29, 0.717) is 22.7 Å². The van der Waals surface area contributed by atoms with Crippen LogP contribution in [0.3, 0.4) is 0 Å². The van der Waals surface area contributed by atoms with Crippen molar-refractivity contribution < 1.29 is 33.4 Å². The molecule has 0 unspecified atom stereocenters. The monoisotopic (exact) mass is 589 g/mol. The number of hydrogen-bond donors (Lipinski definition) is 3. The van der Waals surface area contributed by atoms with E-state index in [1.165, 1.54) is 36.3 Å². The Labute approximate surface area is 239 Å². The molecule has 3 aromatic carbocycles. The zero-order chi connectivity index (χ0) is 28.8. The van der Waals surface area contributed by atoms with Gasteiger partial charge in [0.25, 0.3) is 0 Å². The third kappa shape index (κ3) is 7.13. The molecule has 0 bridgehead atoms. The van der Waals surface area contributed by atoms with Crippen LogP contribution in [0.25, 0.3) is 0 Å². The van der Waals surface area contributed by atoms with Crippen molar-refractivity contribution in [3.63, 3.8) is 0 Å². The average Bonchev–Trinajstić information content (AvgIpc) is 3.31. The van der Waals surface area contributed by atoms with Crippen LogP contribution < -0.4 is 20.1 Å². The molecule has 3 N–H and O–H groups in total. The van der Waals surface area contributed by atoms with Crippen LogP contribution in [0, 0.1) is 0 Å². The highest BCUT2D eigenvalue weighted by Gasteiger charge is 2.35. The predicted molar refractivity (Wildman–Crippen MR) is 150 cm³/mol. The van der Waals surface area contributed by atoms with Gasteiger partial charge < -0.3 is 30.1 Å². The fourth-order valence-corrected chi connectivity index (χ4v) is 4.81. The summed E-state index contributed by atoms with van der Waals surface area (Å²) >= 11 is 12.2. The van der Waals surface area contributed by atoms with Gasteiger partial charge in [-0.05, 0) is 54.1 Å². The molecule has 0 saturated carbocycles. The first-order chi connectivity index (χ1) is 19.1. The van der Waals surface area contributed by atoms with Crippen LogP contribution in [0.4, 0.5) is 20.6 Å². The lowest BCUT2D eigenvalue weighted by molar-refractivity contribution is -0.132. The number of halogens is 3. The maximum Gasteiger partial charge on any atom is 0.335 e. The van der Waals surface area contributed by atoms with Crippen LogP contribution in [-0.4, -0.2) is 60.4 Å². The van der Waals surface area contributed by atoms with Gasteiger partial charge in [0.1, 0.15) is 24.3 Å². The van der Waals surface area contributed by atoms with Crippen molar-refractivity contribution in [1.82, 2.24) is 4.90 Å². The number of carbonyl (C=O) groups excluding carboxylic acids is 2. The lowest BCUT2D eigenvalue weighted by atomic mass is 10.1. The minimum Gasteiger partial charge on any atom is -0.495 e. The van der Waals surface area contributed by atoms with E-state index in [0.717, 1.165) is 0 Å². The second-order valence-corrected chi connectivity index (χ2v) is 9.88. The van der Waals surface area contributed by atoms with Crippen molar-refractivity contribution >= 4 is 52.5 Å². The Balaban J connectivity index is 1.38. The highest BCUT2D eigenvalue weighted by molar-refractivity contribution is 6.39. The van der Waals surface area contributed by atoms with Crippen LogP contribution in [-0.2, 0) is 11.2 Å². The molecule has 0 spiro atoms. The molecule has 1 saturated heterocycles. The Kier molecular flexibility index (Phi) is 9.34. The number of para-hydroxylation sites is 1. The lowest BCUT2D eigenvalue weighted by Gasteiger charge is -2.24. The summed E-state index contributed by atoms with van der Waals surface area (Å²) in [5, 5.41) is 14.8. The van der Waals surface area contributed by atoms with E-state index in [-0.39, 0.29) is 53.2 Å². The van der Waals surface area contributed by atoms with Crippen LogP contribution in [0.15, 0.2) is 60.7 Å². The van der Waals surface area contributed by atoms with E-state index in [1.54, 1.807) is 36.4 Å². The number of carboxylic acid groups (broad SMARTS) is 1. The minimum atomic E-state index is -1.18. The van der Waals surface area contributed by atoms with Gasteiger partial charge in [0.2, 0.25) is 5.91 Å². The van der Waals surface area contributed by atoms with Gasteiger partial charge in [-0.3, -0.25) is 4.79 Å². The van der Waals surface area contributed by atoms with Crippen LogP contribution in [0.1, 0.15) is 22.3 Å². The van der Waals surface area contributed by atoms with Gasteiger partial charge in [0.15, 0.2) is 0 Å². The molecule has 4 rings (SSSR count). The van der Waals surface area contributed by atoms with Crippen LogP contribution in [0.5, 0.6) is 11.5 Å². The number of likely N-dealkylation sites (tertiary alicyclic amines) is 1. The summed E-state index contributed by atoms with van der Waals surface area (Å²) in [5.74, 6) is -0.595. The van der Waals surface area contributed by atoms with E-state index >= 15 is 0 Å². The number of carboxylic acids is 1. The van der Waals surface area contributed by atoms with Gasteiger partial charge in [-0.25, -0.2) is 14.0 Å². The second-order valence-electron chi connectivity index (χ2n) is 9.06. The quantitative estimate of drug-likeness (QED) is 0.286. The predicted octanol–water partition coefficient (Wildman–Crippen LogP) is 5.90. The standard InChI is InChI=1S/C28H26Cl2FN3O6/c1-39-24-11-16(5-10-23(24)32-28(38)33-26-21(29)3-2-4-22(26)30)12-25(35)34-14-18(31)13-19(34)15-40-20-8-6-17(7-9-20)27(36)37/h2-11,18-19H,12-15H2,1H3,(H,36,37)(H2,32,33,38)/t18-,19-/m0/s1. The normalized spacial score (nSPS) is 16.4. The summed E-state index contributed by atoms with van der Waals surface area (Å²) in [7, 11) is 1.43. The largest absolute Gasteiger partial charge is 0.495 e. The second kappa shape index (κ2) is 12.9. The van der Waals surface area contributed by atoms with Crippen molar-refractivity contribution in [2.75, 3.05) is 30.9 Å². The fraction of sp³-hybridized carbons (Fsp3) is 0.250. The summed E-state index contributed by atoms with van der Waals surface area (Å²) in [6, 6.07) is 14.5. The lowest BCUT2D eigenvalue weighted by Crippen LogP contribution is -2.40. The zero-order valence-corrected chi connectivity index (χ0v) is 22.8. The van der Waals surface area contributed by atoms with Crippen molar-refractivity contribution in [1.29, 1.82) is 0 Å². The number of rotatable bonds is 9. The van der Waals surface area contributed by atoms with Gasteiger partial charge in [-0.15, -0.1) is 0 Å². The van der Waals surface area contributed by atoms with Crippen molar-refractivity contribution in [3.05, 3.63) is 81.8 Å². The fourth-order valence-electron chi connectivity index (χ4n) is 4.32. The van der Waals surface area contributed by atoms with Gasteiger partial charge in [0, 0.05) is 6.42 Å². The number of ether oxygens (including phenoxy) is 2. The van der Waals surface area contributed by atoms with Crippen LogP contribution in [0.2, 0.25) is 10.0 Å². The SMILES string of the molecule is COc1cc(CC(=O)N2C[C@@H](F)C[C@H]2COc2ccc(C(=O)O)cc2)ccc1NC(=O)Nc1c(Cl)cccc1Cl. The molecule has 0 radical (unpaired) electrons. The first kappa shape index (κ1) is 29.0. The smallest absolute Gasteiger partial charge is 0.335 e. The number of hydrogen-bond acceptors (Lipinski definition) is 5. The van der Waals surface area contributed by atoms with Gasteiger partial charge in [-0.1, -0.05) is 35.3 Å². The van der Waals surface area contributed by atoms with Crippen LogP contribution >= 0.6 is 23.2 Å². The highest BCUT2D eigenvalue weighted by atomic mass is 35.5. The molecule has 1 aliphatic rings. The Morgan fingerprint density at radius 1 is 1.05 bits per heavy atom. The van der Waals surface area contributed by atoms with Gasteiger partial charge >= 0.3 is 12.0 Å². The molecule has 1 aliphatic heterocycles. The third-order valence-corrected chi connectivity index (χ3v) is 6.93. The van der Waals surface area contributed by atoms with Crippen molar-refractivity contribution in [3.8, 4) is 11.5 Å². The molecular formula is C28H26Cl2FN3O6. The van der Waals surface area contributed by atoms with Crippen molar-refractivity contribution in [2.45, 2.75) is 25.1 Å². The Morgan fingerprint density at radius 2 is 1.75 bits per heavy atom. The summed E-state index contributed by atoms with van der Waals surface area (Å²) in [5.41, 5.74) is 1.34. The van der Waals surface area contributed by atoms with E-state index < -0.39 is 24.2 Å². The molecule has 40 heavy (non-hydrogen) atoms. The Hall–Kier alpha value is -4.02. The maximum atomic E-state index is 14.3. The number of alkyl halides is 1. The zero-order valence-electron chi connectivity index (χ0n) is 21.3. The molecule has 1 fully saturated rings. The Morgan fingerprint density at radius 3 is 2.40 bits per heavy atom. The van der Waals surface area contributed by atoms with E-state index in [1.807, 2.05) is 0 Å². The first-order valence-corrected chi connectivity index (χ1v) is 13.0. The highest BCUT2D eigenvalue weighted by Crippen LogP contribution is 2.31. The molecule has 9 nitrogen and oxygen atoms in total. The van der Waals surface area contributed by atoms with E-state index in [2.05, 4.69) is 10.6 Å². The first-order valence-electron chi connectivity index (χ1n) is 12.2. The van der Waals surface area contributed by atoms with Gasteiger partial charge in [-0.2, -0.15) is 0 Å². The molecule has 3 amide bonds. The molecule has 2 atom stereocenters. The molecule has 210 valence electrons. The molecule has 1 heterocycles. The summed E-state index contributed by atoms with van der Waals surface area (Å²) < 4.78 is 25.4. The maximum absolute atomic E-state index is 14.3. The summed E-state index contributed by atoms with van der Waals surface area (Å²) in [6.45, 7) is 0.0156. The summed E-state index contributed by atoms with van der Waals surface area (Å²) in [6.07, 6.45) is -1.07. The van der Waals surface area contributed by atoms with E-state index in [9.17, 15) is 18.8 Å². The molecule has 0 aliphatic carbocycles. The number of urea groups is 1. The number of methoxy groups -OCH3 is 1. The summed E-state index contributed by atoms with van der Waals surface area (Å²) in [4.78, 5) is 38.1.